The first-order valence-electron chi connectivity index (χ1n) is 9.36. The van der Waals surface area contributed by atoms with E-state index in [2.05, 4.69) is 16.5 Å². The number of aromatic amines is 1. The third-order valence-electron chi connectivity index (χ3n) is 4.99. The Balaban J connectivity index is 1.55. The second-order valence-electron chi connectivity index (χ2n) is 7.27. The summed E-state index contributed by atoms with van der Waals surface area (Å²) in [6.07, 6.45) is 3.20. The minimum atomic E-state index is 0.0690. The SMILES string of the molecule is C=C(C)Cn1c(SCc2nc3ccccc3[nH]2)nc2sc3c(c2c1=O)CCC3. The van der Waals surface area contributed by atoms with E-state index in [1.807, 2.05) is 31.2 Å². The Morgan fingerprint density at radius 1 is 1.32 bits per heavy atom. The standard InChI is InChI=1S/C21H20N4OS2/c1-12(2)10-25-20(26)18-13-6-5-9-16(13)28-19(18)24-21(25)27-11-17-22-14-7-3-4-8-15(14)23-17/h3-4,7-8H,1,5-6,9-11H2,2H3,(H,22,23). The molecule has 1 aromatic carbocycles. The zero-order valence-electron chi connectivity index (χ0n) is 15.6. The summed E-state index contributed by atoms with van der Waals surface area (Å²) in [4.78, 5) is 28.4. The van der Waals surface area contributed by atoms with Gasteiger partial charge in [0.2, 0.25) is 0 Å². The first-order chi connectivity index (χ1) is 13.6. The molecular formula is C21H20N4OS2. The number of benzene rings is 1. The van der Waals surface area contributed by atoms with Gasteiger partial charge in [-0.25, -0.2) is 9.97 Å². The second kappa shape index (κ2) is 6.90. The number of aromatic nitrogens is 4. The molecule has 28 heavy (non-hydrogen) atoms. The number of imidazole rings is 1. The van der Waals surface area contributed by atoms with Crippen LogP contribution in [0.4, 0.5) is 0 Å². The summed E-state index contributed by atoms with van der Waals surface area (Å²) in [6, 6.07) is 7.99. The van der Waals surface area contributed by atoms with Gasteiger partial charge < -0.3 is 4.98 Å². The highest BCUT2D eigenvalue weighted by atomic mass is 32.2. The Hall–Kier alpha value is -2.38. The van der Waals surface area contributed by atoms with Crippen molar-refractivity contribution in [2.45, 2.75) is 43.6 Å². The third kappa shape index (κ3) is 2.99. The van der Waals surface area contributed by atoms with E-state index in [-0.39, 0.29) is 5.56 Å². The number of nitrogens with zero attached hydrogens (tertiary/aromatic N) is 3. The molecule has 1 aliphatic carbocycles. The van der Waals surface area contributed by atoms with E-state index in [0.717, 1.165) is 57.1 Å². The predicted octanol–water partition coefficient (Wildman–Crippen LogP) is 4.69. The van der Waals surface area contributed by atoms with Crippen molar-refractivity contribution in [2.24, 2.45) is 0 Å². The highest BCUT2D eigenvalue weighted by Gasteiger charge is 2.23. The van der Waals surface area contributed by atoms with Gasteiger partial charge in [0.05, 0.1) is 22.2 Å². The summed E-state index contributed by atoms with van der Waals surface area (Å²) < 4.78 is 1.78. The fraction of sp³-hybridized carbons (Fsp3) is 0.286. The van der Waals surface area contributed by atoms with Crippen LogP contribution in [0.2, 0.25) is 0 Å². The van der Waals surface area contributed by atoms with Crippen LogP contribution >= 0.6 is 23.1 Å². The highest BCUT2D eigenvalue weighted by Crippen LogP contribution is 2.36. The molecule has 7 heteroatoms. The van der Waals surface area contributed by atoms with Crippen LogP contribution in [0.3, 0.4) is 0 Å². The molecular weight excluding hydrogens is 388 g/mol. The van der Waals surface area contributed by atoms with Gasteiger partial charge in [-0.05, 0) is 43.9 Å². The third-order valence-corrected chi connectivity index (χ3v) is 7.17. The molecule has 1 N–H and O–H groups in total. The van der Waals surface area contributed by atoms with Crippen LogP contribution < -0.4 is 5.56 Å². The van der Waals surface area contributed by atoms with Crippen molar-refractivity contribution < 1.29 is 0 Å². The molecule has 3 aromatic heterocycles. The molecule has 0 unspecified atom stereocenters. The van der Waals surface area contributed by atoms with E-state index in [1.54, 1.807) is 27.7 Å². The maximum absolute atomic E-state index is 13.3. The van der Waals surface area contributed by atoms with Crippen molar-refractivity contribution >= 4 is 44.3 Å². The molecule has 3 heterocycles. The van der Waals surface area contributed by atoms with Crippen LogP contribution in [0.25, 0.3) is 21.3 Å². The number of rotatable bonds is 5. The molecule has 5 rings (SSSR count). The normalized spacial score (nSPS) is 13.5. The van der Waals surface area contributed by atoms with Crippen LogP contribution in [0.5, 0.6) is 0 Å². The predicted molar refractivity (Wildman–Crippen MR) is 116 cm³/mol. The number of thiophene rings is 1. The summed E-state index contributed by atoms with van der Waals surface area (Å²) in [5, 5.41) is 1.56. The van der Waals surface area contributed by atoms with Gasteiger partial charge in [-0.1, -0.05) is 36.0 Å². The smallest absolute Gasteiger partial charge is 0.263 e. The molecule has 4 aromatic rings. The van der Waals surface area contributed by atoms with Crippen LogP contribution in [-0.2, 0) is 25.1 Å². The Morgan fingerprint density at radius 3 is 3.00 bits per heavy atom. The minimum absolute atomic E-state index is 0.0690. The summed E-state index contributed by atoms with van der Waals surface area (Å²) in [5.41, 5.74) is 4.22. The minimum Gasteiger partial charge on any atom is -0.341 e. The van der Waals surface area contributed by atoms with Crippen LogP contribution in [-0.4, -0.2) is 19.5 Å². The lowest BCUT2D eigenvalue weighted by atomic mass is 10.2. The highest BCUT2D eigenvalue weighted by molar-refractivity contribution is 7.98. The number of allylic oxidation sites excluding steroid dienone is 1. The number of para-hydroxylation sites is 2. The molecule has 142 valence electrons. The lowest BCUT2D eigenvalue weighted by molar-refractivity contribution is 0.651. The molecule has 0 amide bonds. The van der Waals surface area contributed by atoms with Crippen LogP contribution in [0.1, 0.15) is 29.6 Å². The van der Waals surface area contributed by atoms with E-state index in [1.165, 1.54) is 10.4 Å². The molecule has 0 atom stereocenters. The molecule has 0 aliphatic heterocycles. The maximum Gasteiger partial charge on any atom is 0.263 e. The monoisotopic (exact) mass is 408 g/mol. The number of hydrogen-bond acceptors (Lipinski definition) is 5. The second-order valence-corrected chi connectivity index (χ2v) is 9.30. The zero-order valence-corrected chi connectivity index (χ0v) is 17.3. The number of aryl methyl sites for hydroxylation is 2. The number of hydrogen-bond donors (Lipinski definition) is 1. The van der Waals surface area contributed by atoms with Gasteiger partial charge in [-0.15, -0.1) is 11.3 Å². The quantitative estimate of drug-likeness (QED) is 0.296. The molecule has 1 aliphatic rings. The summed E-state index contributed by atoms with van der Waals surface area (Å²) >= 11 is 3.23. The van der Waals surface area contributed by atoms with Gasteiger partial charge in [-0.3, -0.25) is 9.36 Å². The molecule has 0 radical (unpaired) electrons. The van der Waals surface area contributed by atoms with Gasteiger partial charge in [0.1, 0.15) is 10.7 Å². The first-order valence-corrected chi connectivity index (χ1v) is 11.2. The number of nitrogens with one attached hydrogen (secondary N) is 1. The Bertz CT molecular complexity index is 1250. The van der Waals surface area contributed by atoms with Crippen molar-refractivity contribution in [1.29, 1.82) is 0 Å². The molecule has 5 nitrogen and oxygen atoms in total. The van der Waals surface area contributed by atoms with Gasteiger partial charge in [0.15, 0.2) is 5.16 Å². The summed E-state index contributed by atoms with van der Waals surface area (Å²) in [6.45, 7) is 6.45. The van der Waals surface area contributed by atoms with Crippen molar-refractivity contribution in [1.82, 2.24) is 19.5 Å². The lowest BCUT2D eigenvalue weighted by Gasteiger charge is -2.12. The average Bonchev–Trinajstić information content (AvgIpc) is 3.35. The average molecular weight is 409 g/mol. The first kappa shape index (κ1) is 17.7. The van der Waals surface area contributed by atoms with Gasteiger partial charge in [0, 0.05) is 11.4 Å². The van der Waals surface area contributed by atoms with Crippen molar-refractivity contribution in [2.75, 3.05) is 0 Å². The largest absolute Gasteiger partial charge is 0.341 e. The van der Waals surface area contributed by atoms with E-state index in [9.17, 15) is 4.79 Å². The fourth-order valence-electron chi connectivity index (χ4n) is 3.78. The zero-order chi connectivity index (χ0) is 19.3. The van der Waals surface area contributed by atoms with E-state index >= 15 is 0 Å². The Kier molecular flexibility index (Phi) is 4.36. The van der Waals surface area contributed by atoms with Crippen LogP contribution in [0.15, 0.2) is 46.4 Å². The van der Waals surface area contributed by atoms with Crippen molar-refractivity contribution in [3.05, 3.63) is 63.0 Å². The summed E-state index contributed by atoms with van der Waals surface area (Å²) in [5.74, 6) is 1.52. The number of fused-ring (bicyclic) bond motifs is 4. The number of H-pyrrole nitrogens is 1. The fourth-order valence-corrected chi connectivity index (χ4v) is 5.96. The Morgan fingerprint density at radius 2 is 2.18 bits per heavy atom. The lowest BCUT2D eigenvalue weighted by Crippen LogP contribution is -2.24. The van der Waals surface area contributed by atoms with Gasteiger partial charge in [0.25, 0.3) is 5.56 Å². The van der Waals surface area contributed by atoms with E-state index in [0.29, 0.717) is 12.3 Å². The van der Waals surface area contributed by atoms with Crippen LogP contribution in [0, 0.1) is 0 Å². The van der Waals surface area contributed by atoms with E-state index < -0.39 is 0 Å². The van der Waals surface area contributed by atoms with Gasteiger partial charge in [-0.2, -0.15) is 0 Å². The van der Waals surface area contributed by atoms with Crippen molar-refractivity contribution in [3.8, 4) is 0 Å². The molecule has 0 spiro atoms. The maximum atomic E-state index is 13.3. The molecule has 0 bridgehead atoms. The Labute approximate surface area is 170 Å². The molecule has 0 saturated carbocycles. The molecule has 0 fully saturated rings. The molecule has 0 saturated heterocycles. The van der Waals surface area contributed by atoms with Crippen molar-refractivity contribution in [3.63, 3.8) is 0 Å². The number of thioether (sulfide) groups is 1. The summed E-state index contributed by atoms with van der Waals surface area (Å²) in [7, 11) is 0. The van der Waals surface area contributed by atoms with E-state index in [4.69, 9.17) is 4.98 Å². The van der Waals surface area contributed by atoms with Gasteiger partial charge >= 0.3 is 0 Å². The topological polar surface area (TPSA) is 63.6 Å².